The van der Waals surface area contributed by atoms with Gasteiger partial charge in [-0.15, -0.1) is 0 Å². The highest BCUT2D eigenvalue weighted by molar-refractivity contribution is 5.93. The fourth-order valence-corrected chi connectivity index (χ4v) is 5.24. The molecule has 160 valence electrons. The molecule has 3 aliphatic heterocycles. The maximum atomic E-state index is 13.6. The second-order valence-electron chi connectivity index (χ2n) is 8.82. The smallest absolute Gasteiger partial charge is 0.230 e. The molecule has 2 aromatic rings. The molecule has 2 bridgehead atoms. The Labute approximate surface area is 182 Å². The van der Waals surface area contributed by atoms with Crippen LogP contribution in [0.15, 0.2) is 54.9 Å². The standard InChI is InChI=1S/C25H27N3O3/c1-4-28-14-25-10-7-19(31-25)20(21(25)24(28)30)23(29)27-22(17-8-11-26-12-9-17)18-6-5-15(2)16(3)13-18/h5-13,19-22H,4,14H2,1-3H3,(H,27,29)/t19-,20+,21+,22-,25-/m1/s1. The van der Waals surface area contributed by atoms with Crippen molar-refractivity contribution >= 4 is 11.8 Å². The van der Waals surface area contributed by atoms with E-state index in [1.165, 1.54) is 11.1 Å². The molecule has 3 aliphatic rings. The van der Waals surface area contributed by atoms with Crippen LogP contribution in [-0.2, 0) is 14.3 Å². The first-order valence-corrected chi connectivity index (χ1v) is 10.9. The van der Waals surface area contributed by atoms with Gasteiger partial charge in [-0.3, -0.25) is 14.6 Å². The van der Waals surface area contributed by atoms with Crippen molar-refractivity contribution in [1.29, 1.82) is 0 Å². The minimum Gasteiger partial charge on any atom is -0.360 e. The summed E-state index contributed by atoms with van der Waals surface area (Å²) in [6.07, 6.45) is 7.04. The van der Waals surface area contributed by atoms with Crippen molar-refractivity contribution in [2.75, 3.05) is 13.1 Å². The molecule has 2 saturated heterocycles. The number of aryl methyl sites for hydroxylation is 2. The van der Waals surface area contributed by atoms with E-state index in [0.29, 0.717) is 13.1 Å². The van der Waals surface area contributed by atoms with Crippen LogP contribution in [0.4, 0.5) is 0 Å². The maximum Gasteiger partial charge on any atom is 0.230 e. The van der Waals surface area contributed by atoms with Crippen LogP contribution in [0.1, 0.15) is 35.2 Å². The van der Waals surface area contributed by atoms with Gasteiger partial charge in [0.15, 0.2) is 0 Å². The van der Waals surface area contributed by atoms with E-state index in [1.807, 2.05) is 37.3 Å². The molecule has 1 aromatic carbocycles. The van der Waals surface area contributed by atoms with E-state index < -0.39 is 17.4 Å². The average molecular weight is 418 g/mol. The fourth-order valence-electron chi connectivity index (χ4n) is 5.24. The Balaban J connectivity index is 1.47. The topological polar surface area (TPSA) is 71.5 Å². The summed E-state index contributed by atoms with van der Waals surface area (Å²) in [5.41, 5.74) is 3.67. The number of aromatic nitrogens is 1. The van der Waals surface area contributed by atoms with Crippen LogP contribution < -0.4 is 5.32 Å². The van der Waals surface area contributed by atoms with E-state index in [0.717, 1.165) is 11.1 Å². The molecule has 1 spiro atoms. The minimum absolute atomic E-state index is 0.0149. The zero-order valence-electron chi connectivity index (χ0n) is 18.0. The van der Waals surface area contributed by atoms with Gasteiger partial charge in [0.25, 0.3) is 0 Å². The van der Waals surface area contributed by atoms with E-state index >= 15 is 0 Å². The predicted molar refractivity (Wildman–Crippen MR) is 116 cm³/mol. The molecule has 31 heavy (non-hydrogen) atoms. The van der Waals surface area contributed by atoms with Gasteiger partial charge in [-0.1, -0.05) is 30.4 Å². The number of carbonyl (C=O) groups excluding carboxylic acids is 2. The van der Waals surface area contributed by atoms with Crippen LogP contribution in [0.25, 0.3) is 0 Å². The van der Waals surface area contributed by atoms with Gasteiger partial charge in [0.05, 0.1) is 30.5 Å². The lowest BCUT2D eigenvalue weighted by Gasteiger charge is -2.27. The quantitative estimate of drug-likeness (QED) is 0.760. The number of likely N-dealkylation sites (N-methyl/N-ethyl adjacent to an activating group) is 1. The molecule has 2 amide bonds. The Bertz CT molecular complexity index is 1070. The molecule has 1 aromatic heterocycles. The SMILES string of the molecule is CCN1C[C@@]23C=C[C@@H](O2)[C@H](C(=O)N[C@H](c2ccncc2)c2ccc(C)c(C)c2)[C@H]3C1=O. The second-order valence-corrected chi connectivity index (χ2v) is 8.82. The van der Waals surface area contributed by atoms with Crippen LogP contribution in [0.2, 0.25) is 0 Å². The molecule has 2 fully saturated rings. The highest BCUT2D eigenvalue weighted by Crippen LogP contribution is 2.52. The molecule has 4 heterocycles. The van der Waals surface area contributed by atoms with Gasteiger partial charge in [0, 0.05) is 18.9 Å². The van der Waals surface area contributed by atoms with Crippen molar-refractivity contribution in [3.63, 3.8) is 0 Å². The third-order valence-corrected chi connectivity index (χ3v) is 7.05. The predicted octanol–water partition coefficient (Wildman–Crippen LogP) is 2.71. The first-order valence-electron chi connectivity index (χ1n) is 10.9. The van der Waals surface area contributed by atoms with Crippen molar-refractivity contribution in [3.05, 3.63) is 77.1 Å². The number of fused-ring (bicyclic) bond motifs is 1. The highest BCUT2D eigenvalue weighted by atomic mass is 16.5. The number of benzene rings is 1. The molecular formula is C25H27N3O3. The van der Waals surface area contributed by atoms with Crippen LogP contribution in [0, 0.1) is 25.7 Å². The van der Waals surface area contributed by atoms with E-state index in [4.69, 9.17) is 4.74 Å². The molecule has 0 radical (unpaired) electrons. The molecule has 0 saturated carbocycles. The lowest BCUT2D eigenvalue weighted by molar-refractivity contribution is -0.137. The number of carbonyl (C=O) groups is 2. The summed E-state index contributed by atoms with van der Waals surface area (Å²) in [7, 11) is 0. The number of likely N-dealkylation sites (tertiary alicyclic amines) is 1. The van der Waals surface area contributed by atoms with E-state index in [2.05, 4.69) is 36.3 Å². The van der Waals surface area contributed by atoms with Crippen LogP contribution in [-0.4, -0.2) is 46.5 Å². The van der Waals surface area contributed by atoms with E-state index in [-0.39, 0.29) is 24.0 Å². The van der Waals surface area contributed by atoms with Gasteiger partial charge in [0.1, 0.15) is 5.60 Å². The van der Waals surface area contributed by atoms with Gasteiger partial charge >= 0.3 is 0 Å². The molecule has 6 nitrogen and oxygen atoms in total. The van der Waals surface area contributed by atoms with Crippen LogP contribution >= 0.6 is 0 Å². The first-order chi connectivity index (χ1) is 14.9. The Hall–Kier alpha value is -2.99. The number of ether oxygens (including phenoxy) is 1. The summed E-state index contributed by atoms with van der Waals surface area (Å²) in [5.74, 6) is -1.11. The van der Waals surface area contributed by atoms with Crippen molar-refractivity contribution in [2.24, 2.45) is 11.8 Å². The number of pyridine rings is 1. The average Bonchev–Trinajstić information content (AvgIpc) is 3.42. The van der Waals surface area contributed by atoms with Crippen LogP contribution in [0.3, 0.4) is 0 Å². The lowest BCUT2D eigenvalue weighted by atomic mass is 9.76. The third-order valence-electron chi connectivity index (χ3n) is 7.05. The first kappa shape index (κ1) is 19.9. The number of amides is 2. The van der Waals surface area contributed by atoms with E-state index in [1.54, 1.807) is 17.3 Å². The molecule has 5 atom stereocenters. The van der Waals surface area contributed by atoms with Gasteiger partial charge in [0.2, 0.25) is 11.8 Å². The Morgan fingerprint density at radius 3 is 2.71 bits per heavy atom. The number of nitrogens with zero attached hydrogens (tertiary/aromatic N) is 2. The summed E-state index contributed by atoms with van der Waals surface area (Å²) in [4.78, 5) is 32.6. The summed E-state index contributed by atoms with van der Waals surface area (Å²) in [6.45, 7) is 7.24. The maximum absolute atomic E-state index is 13.6. The van der Waals surface area contributed by atoms with Gasteiger partial charge in [-0.05, 0) is 55.2 Å². The van der Waals surface area contributed by atoms with Crippen molar-refractivity contribution in [1.82, 2.24) is 15.2 Å². The largest absolute Gasteiger partial charge is 0.360 e. The number of hydrogen-bond donors (Lipinski definition) is 1. The normalized spacial score (nSPS) is 29.3. The Morgan fingerprint density at radius 1 is 1.23 bits per heavy atom. The van der Waals surface area contributed by atoms with Crippen molar-refractivity contribution in [2.45, 2.75) is 38.5 Å². The summed E-state index contributed by atoms with van der Waals surface area (Å²) in [5, 5.41) is 3.23. The van der Waals surface area contributed by atoms with Gasteiger partial charge in [-0.2, -0.15) is 0 Å². The molecule has 1 N–H and O–H groups in total. The third kappa shape index (κ3) is 3.08. The second kappa shape index (κ2) is 7.31. The lowest BCUT2D eigenvalue weighted by Crippen LogP contribution is -2.45. The van der Waals surface area contributed by atoms with E-state index in [9.17, 15) is 9.59 Å². The van der Waals surface area contributed by atoms with Crippen molar-refractivity contribution < 1.29 is 14.3 Å². The zero-order chi connectivity index (χ0) is 21.8. The fraction of sp³-hybridized carbons (Fsp3) is 0.400. The number of hydrogen-bond acceptors (Lipinski definition) is 4. The highest BCUT2D eigenvalue weighted by Gasteiger charge is 2.66. The summed E-state index contributed by atoms with van der Waals surface area (Å²) in [6, 6.07) is 9.73. The molecule has 0 unspecified atom stereocenters. The summed E-state index contributed by atoms with van der Waals surface area (Å²) >= 11 is 0. The number of nitrogens with one attached hydrogen (secondary N) is 1. The Kier molecular flexibility index (Phi) is 4.70. The zero-order valence-corrected chi connectivity index (χ0v) is 18.0. The van der Waals surface area contributed by atoms with Gasteiger partial charge in [-0.25, -0.2) is 0 Å². The molecule has 0 aliphatic carbocycles. The van der Waals surface area contributed by atoms with Crippen LogP contribution in [0.5, 0.6) is 0 Å². The number of rotatable bonds is 5. The molecule has 6 heteroatoms. The minimum atomic E-state index is -0.660. The molecular weight excluding hydrogens is 390 g/mol. The van der Waals surface area contributed by atoms with Gasteiger partial charge < -0.3 is 15.0 Å². The molecule has 5 rings (SSSR count). The monoisotopic (exact) mass is 417 g/mol. The van der Waals surface area contributed by atoms with Crippen molar-refractivity contribution in [3.8, 4) is 0 Å². The summed E-state index contributed by atoms with van der Waals surface area (Å²) < 4.78 is 6.20. The Morgan fingerprint density at radius 2 is 2.00 bits per heavy atom.